The van der Waals surface area contributed by atoms with Crippen LogP contribution in [0.1, 0.15) is 18.4 Å². The molecule has 1 rings (SSSR count). The zero-order chi connectivity index (χ0) is 13.5. The fourth-order valence-electron chi connectivity index (χ4n) is 1.45. The van der Waals surface area contributed by atoms with Crippen molar-refractivity contribution in [1.82, 2.24) is 5.32 Å². The molecule has 7 heteroatoms. The number of nitro groups is 1. The minimum atomic E-state index is -0.829. The van der Waals surface area contributed by atoms with Gasteiger partial charge in [0.15, 0.2) is 0 Å². The van der Waals surface area contributed by atoms with Gasteiger partial charge in [-0.3, -0.25) is 14.9 Å². The quantitative estimate of drug-likeness (QED) is 0.433. The Morgan fingerprint density at radius 3 is 2.83 bits per heavy atom. The van der Waals surface area contributed by atoms with E-state index in [1.807, 2.05) is 0 Å². The second-order valence-corrected chi connectivity index (χ2v) is 3.75. The third-order valence-electron chi connectivity index (χ3n) is 2.35. The summed E-state index contributed by atoms with van der Waals surface area (Å²) in [4.78, 5) is 20.2. The third kappa shape index (κ3) is 4.10. The van der Waals surface area contributed by atoms with Gasteiger partial charge in [0.1, 0.15) is 0 Å². The molecule has 0 aliphatic heterocycles. The molecule has 98 valence electrons. The van der Waals surface area contributed by atoms with E-state index in [0.717, 1.165) is 6.07 Å². The Labute approximate surface area is 103 Å². The molecule has 0 spiro atoms. The molecule has 1 aromatic carbocycles. The zero-order valence-electron chi connectivity index (χ0n) is 9.69. The number of hydrogen-bond donors (Lipinski definition) is 2. The number of carbonyl (C=O) groups is 1. The van der Waals surface area contributed by atoms with Crippen LogP contribution in [-0.2, 0) is 11.3 Å². The molecule has 6 nitrogen and oxygen atoms in total. The van der Waals surface area contributed by atoms with Gasteiger partial charge in [0.05, 0.1) is 4.92 Å². The van der Waals surface area contributed by atoms with Gasteiger partial charge in [-0.05, 0) is 13.0 Å². The van der Waals surface area contributed by atoms with Crippen LogP contribution < -0.4 is 11.1 Å². The Morgan fingerprint density at radius 2 is 2.22 bits per heavy atom. The molecule has 0 aliphatic rings. The highest BCUT2D eigenvalue weighted by molar-refractivity contribution is 5.73. The summed E-state index contributed by atoms with van der Waals surface area (Å²) in [6, 6.07) is 4.02. The van der Waals surface area contributed by atoms with Gasteiger partial charge in [-0.2, -0.15) is 4.39 Å². The van der Waals surface area contributed by atoms with E-state index in [1.54, 1.807) is 0 Å². The number of nitrogens with two attached hydrogens (primary N) is 1. The van der Waals surface area contributed by atoms with E-state index in [-0.39, 0.29) is 18.5 Å². The van der Waals surface area contributed by atoms with Crippen LogP contribution in [0.5, 0.6) is 0 Å². The van der Waals surface area contributed by atoms with Crippen LogP contribution in [0.25, 0.3) is 0 Å². The average molecular weight is 255 g/mol. The average Bonchev–Trinajstić information content (AvgIpc) is 2.30. The summed E-state index contributed by atoms with van der Waals surface area (Å²) in [6.45, 7) is 0.664. The van der Waals surface area contributed by atoms with E-state index in [1.165, 1.54) is 12.1 Å². The molecule has 0 aliphatic carbocycles. The summed E-state index contributed by atoms with van der Waals surface area (Å²) in [6.07, 6.45) is 0.802. The molecule has 0 heterocycles. The van der Waals surface area contributed by atoms with Crippen molar-refractivity contribution in [2.75, 3.05) is 6.54 Å². The van der Waals surface area contributed by atoms with Gasteiger partial charge in [-0.15, -0.1) is 0 Å². The molecule has 18 heavy (non-hydrogen) atoms. The molecule has 1 amide bonds. The number of hydrogen-bond acceptors (Lipinski definition) is 4. The summed E-state index contributed by atoms with van der Waals surface area (Å²) in [5.41, 5.74) is 4.65. The van der Waals surface area contributed by atoms with Crippen molar-refractivity contribution < 1.29 is 14.1 Å². The summed E-state index contributed by atoms with van der Waals surface area (Å²) >= 11 is 0. The van der Waals surface area contributed by atoms with Crippen molar-refractivity contribution >= 4 is 11.6 Å². The summed E-state index contributed by atoms with van der Waals surface area (Å²) in [5.74, 6) is -1.22. The maximum Gasteiger partial charge on any atom is 0.305 e. The lowest BCUT2D eigenvalue weighted by molar-refractivity contribution is -0.387. The van der Waals surface area contributed by atoms with E-state index < -0.39 is 22.3 Å². The molecular formula is C11H14FN3O3. The van der Waals surface area contributed by atoms with Crippen LogP contribution in [-0.4, -0.2) is 17.4 Å². The molecular weight excluding hydrogens is 241 g/mol. The topological polar surface area (TPSA) is 98.3 Å². The third-order valence-corrected chi connectivity index (χ3v) is 2.35. The number of nitrogens with zero attached hydrogens (tertiary/aromatic N) is 1. The maximum atomic E-state index is 13.6. The number of carbonyl (C=O) groups excluding carboxylic acids is 1. The number of primary amides is 1. The lowest BCUT2D eigenvalue weighted by Crippen LogP contribution is -2.18. The van der Waals surface area contributed by atoms with Crippen LogP contribution >= 0.6 is 0 Å². The van der Waals surface area contributed by atoms with Gasteiger partial charge < -0.3 is 11.1 Å². The van der Waals surface area contributed by atoms with Crippen molar-refractivity contribution in [2.24, 2.45) is 5.73 Å². The Bertz CT molecular complexity index is 451. The molecule has 3 N–H and O–H groups in total. The normalized spacial score (nSPS) is 10.3. The number of nitro benzene ring substituents is 1. The monoisotopic (exact) mass is 255 g/mol. The van der Waals surface area contributed by atoms with Crippen molar-refractivity contribution in [3.8, 4) is 0 Å². The van der Waals surface area contributed by atoms with E-state index in [4.69, 9.17) is 5.73 Å². The molecule has 0 unspecified atom stereocenters. The highest BCUT2D eigenvalue weighted by atomic mass is 19.1. The lowest BCUT2D eigenvalue weighted by atomic mass is 10.2. The van der Waals surface area contributed by atoms with Crippen LogP contribution in [0.3, 0.4) is 0 Å². The lowest BCUT2D eigenvalue weighted by Gasteiger charge is -2.05. The number of halogens is 1. The fraction of sp³-hybridized carbons (Fsp3) is 0.364. The predicted octanol–water partition coefficient (Wildman–Crippen LogP) is 1.09. The van der Waals surface area contributed by atoms with Gasteiger partial charge >= 0.3 is 5.69 Å². The molecule has 0 saturated heterocycles. The van der Waals surface area contributed by atoms with Gasteiger partial charge in [0.25, 0.3) is 0 Å². The minimum Gasteiger partial charge on any atom is -0.370 e. The Hall–Kier alpha value is -2.02. The standard InChI is InChI=1S/C11H14FN3O3/c12-11-8(3-1-4-9(11)15(17)18)7-14-6-2-5-10(13)16/h1,3-4,14H,2,5-7H2,(H2,13,16). The van der Waals surface area contributed by atoms with Gasteiger partial charge in [0, 0.05) is 24.6 Å². The van der Waals surface area contributed by atoms with E-state index in [2.05, 4.69) is 5.32 Å². The van der Waals surface area contributed by atoms with Crippen LogP contribution in [0, 0.1) is 15.9 Å². The highest BCUT2D eigenvalue weighted by Gasteiger charge is 2.16. The maximum absolute atomic E-state index is 13.6. The molecule has 0 atom stereocenters. The zero-order valence-corrected chi connectivity index (χ0v) is 9.69. The SMILES string of the molecule is NC(=O)CCCNCc1cccc([N+](=O)[O-])c1F. The first-order chi connectivity index (χ1) is 8.52. The fourth-order valence-corrected chi connectivity index (χ4v) is 1.45. The predicted molar refractivity (Wildman–Crippen MR) is 63.2 cm³/mol. The van der Waals surface area contributed by atoms with E-state index in [0.29, 0.717) is 13.0 Å². The van der Waals surface area contributed by atoms with Crippen molar-refractivity contribution in [1.29, 1.82) is 0 Å². The summed E-state index contributed by atoms with van der Waals surface area (Å²) in [7, 11) is 0. The number of nitrogens with one attached hydrogen (secondary N) is 1. The smallest absolute Gasteiger partial charge is 0.305 e. The van der Waals surface area contributed by atoms with Crippen molar-refractivity contribution in [2.45, 2.75) is 19.4 Å². The van der Waals surface area contributed by atoms with E-state index in [9.17, 15) is 19.3 Å². The van der Waals surface area contributed by atoms with Gasteiger partial charge in [-0.1, -0.05) is 12.1 Å². The first kappa shape index (κ1) is 14.0. The molecule has 0 radical (unpaired) electrons. The Kier molecular flexibility index (Phi) is 5.19. The Balaban J connectivity index is 2.50. The second kappa shape index (κ2) is 6.65. The molecule has 0 aromatic heterocycles. The number of amides is 1. The van der Waals surface area contributed by atoms with E-state index >= 15 is 0 Å². The number of rotatable bonds is 7. The molecule has 0 bridgehead atoms. The van der Waals surface area contributed by atoms with Crippen LogP contribution in [0.4, 0.5) is 10.1 Å². The van der Waals surface area contributed by atoms with Crippen LogP contribution in [0.15, 0.2) is 18.2 Å². The van der Waals surface area contributed by atoms with Crippen molar-refractivity contribution in [3.63, 3.8) is 0 Å². The highest BCUT2D eigenvalue weighted by Crippen LogP contribution is 2.19. The van der Waals surface area contributed by atoms with Crippen molar-refractivity contribution in [3.05, 3.63) is 39.7 Å². The number of benzene rings is 1. The van der Waals surface area contributed by atoms with Gasteiger partial charge in [-0.25, -0.2) is 0 Å². The summed E-state index contributed by atoms with van der Waals surface area (Å²) in [5, 5.41) is 13.4. The first-order valence-corrected chi connectivity index (χ1v) is 5.43. The molecule has 0 fully saturated rings. The second-order valence-electron chi connectivity index (χ2n) is 3.75. The van der Waals surface area contributed by atoms with Crippen LogP contribution in [0.2, 0.25) is 0 Å². The minimum absolute atomic E-state index is 0.173. The first-order valence-electron chi connectivity index (χ1n) is 5.43. The molecule has 0 saturated carbocycles. The summed E-state index contributed by atoms with van der Waals surface area (Å²) < 4.78 is 13.6. The Morgan fingerprint density at radius 1 is 1.50 bits per heavy atom. The van der Waals surface area contributed by atoms with Gasteiger partial charge in [0.2, 0.25) is 11.7 Å². The molecule has 1 aromatic rings. The largest absolute Gasteiger partial charge is 0.370 e.